The van der Waals surface area contributed by atoms with Gasteiger partial charge in [0.2, 0.25) is 5.91 Å². The van der Waals surface area contributed by atoms with Crippen molar-refractivity contribution in [1.82, 2.24) is 15.2 Å². The molecule has 1 aliphatic rings. The number of amides is 1. The maximum absolute atomic E-state index is 11.2. The third-order valence-corrected chi connectivity index (χ3v) is 3.63. The zero-order chi connectivity index (χ0) is 13.0. The Labute approximate surface area is 108 Å². The van der Waals surface area contributed by atoms with Crippen molar-refractivity contribution in [2.75, 3.05) is 13.1 Å². The summed E-state index contributed by atoms with van der Waals surface area (Å²) in [6.45, 7) is 5.56. The van der Waals surface area contributed by atoms with E-state index in [1.165, 1.54) is 5.56 Å². The molecule has 1 atom stereocenters. The molecule has 0 radical (unpaired) electrons. The summed E-state index contributed by atoms with van der Waals surface area (Å²) in [6.07, 6.45) is 5.72. The molecule has 2 rings (SSSR count). The van der Waals surface area contributed by atoms with Gasteiger partial charge in [0, 0.05) is 44.5 Å². The summed E-state index contributed by atoms with van der Waals surface area (Å²) in [5.41, 5.74) is 1.26. The Balaban J connectivity index is 1.83. The molecule has 0 aromatic carbocycles. The zero-order valence-electron chi connectivity index (χ0n) is 11.1. The number of piperidine rings is 1. The molecule has 1 amide bonds. The second-order valence-corrected chi connectivity index (χ2v) is 4.95. The van der Waals surface area contributed by atoms with Crippen LogP contribution in [0.3, 0.4) is 0 Å². The van der Waals surface area contributed by atoms with E-state index in [9.17, 15) is 4.79 Å². The topological polar surface area (TPSA) is 45.2 Å². The second kappa shape index (κ2) is 5.96. The maximum atomic E-state index is 11.2. The highest BCUT2D eigenvalue weighted by molar-refractivity contribution is 5.73. The van der Waals surface area contributed by atoms with Crippen LogP contribution in [0.25, 0.3) is 0 Å². The van der Waals surface area contributed by atoms with Gasteiger partial charge in [0.05, 0.1) is 0 Å². The smallest absolute Gasteiger partial charge is 0.219 e. The van der Waals surface area contributed by atoms with Gasteiger partial charge in [-0.25, -0.2) is 0 Å². The molecule has 0 aliphatic carbocycles. The number of likely N-dealkylation sites (tertiary alicyclic amines) is 1. The summed E-state index contributed by atoms with van der Waals surface area (Å²) in [4.78, 5) is 17.2. The first-order valence-corrected chi connectivity index (χ1v) is 6.58. The maximum Gasteiger partial charge on any atom is 0.219 e. The molecule has 1 N–H and O–H groups in total. The highest BCUT2D eigenvalue weighted by Crippen LogP contribution is 2.16. The van der Waals surface area contributed by atoms with Crippen LogP contribution in [0.2, 0.25) is 0 Å². The van der Waals surface area contributed by atoms with Crippen LogP contribution in [0.1, 0.15) is 38.3 Å². The molecule has 1 saturated heterocycles. The molecular formula is C14H21N3O. The summed E-state index contributed by atoms with van der Waals surface area (Å²) in [5, 5.41) is 3.63. The Morgan fingerprint density at radius 3 is 2.56 bits per heavy atom. The van der Waals surface area contributed by atoms with E-state index in [2.05, 4.69) is 17.2 Å². The minimum Gasteiger partial charge on any atom is -0.343 e. The van der Waals surface area contributed by atoms with E-state index in [0.29, 0.717) is 12.1 Å². The van der Waals surface area contributed by atoms with Crippen LogP contribution < -0.4 is 5.32 Å². The van der Waals surface area contributed by atoms with Gasteiger partial charge in [0.25, 0.3) is 0 Å². The quantitative estimate of drug-likeness (QED) is 0.885. The first-order chi connectivity index (χ1) is 8.66. The minimum atomic E-state index is 0.190. The van der Waals surface area contributed by atoms with Gasteiger partial charge < -0.3 is 10.2 Å². The predicted molar refractivity (Wildman–Crippen MR) is 71.1 cm³/mol. The summed E-state index contributed by atoms with van der Waals surface area (Å²) in [5.74, 6) is 0.190. The van der Waals surface area contributed by atoms with Crippen molar-refractivity contribution in [2.45, 2.75) is 38.8 Å². The molecule has 4 nitrogen and oxygen atoms in total. The van der Waals surface area contributed by atoms with Gasteiger partial charge in [-0.3, -0.25) is 9.78 Å². The van der Waals surface area contributed by atoms with E-state index in [1.54, 1.807) is 6.92 Å². The zero-order valence-corrected chi connectivity index (χ0v) is 11.1. The first-order valence-electron chi connectivity index (χ1n) is 6.58. The average molecular weight is 247 g/mol. The van der Waals surface area contributed by atoms with Crippen molar-refractivity contribution < 1.29 is 4.79 Å². The molecule has 0 bridgehead atoms. The fraction of sp³-hybridized carbons (Fsp3) is 0.571. The number of hydrogen-bond acceptors (Lipinski definition) is 3. The van der Waals surface area contributed by atoms with Crippen LogP contribution >= 0.6 is 0 Å². The molecule has 0 spiro atoms. The van der Waals surface area contributed by atoms with E-state index in [4.69, 9.17) is 0 Å². The normalized spacial score (nSPS) is 18.7. The monoisotopic (exact) mass is 247 g/mol. The van der Waals surface area contributed by atoms with Gasteiger partial charge in [-0.1, -0.05) is 0 Å². The molecule has 1 unspecified atom stereocenters. The molecule has 4 heteroatoms. The Bertz CT molecular complexity index is 385. The predicted octanol–water partition coefficient (Wildman–Crippen LogP) is 1.74. The first kappa shape index (κ1) is 13.0. The van der Waals surface area contributed by atoms with Gasteiger partial charge in [0.15, 0.2) is 0 Å². The summed E-state index contributed by atoms with van der Waals surface area (Å²) < 4.78 is 0. The van der Waals surface area contributed by atoms with Gasteiger partial charge in [0.1, 0.15) is 0 Å². The molecule has 1 aromatic heterocycles. The van der Waals surface area contributed by atoms with Crippen molar-refractivity contribution in [3.63, 3.8) is 0 Å². The molecular weight excluding hydrogens is 226 g/mol. The second-order valence-electron chi connectivity index (χ2n) is 4.95. The van der Waals surface area contributed by atoms with Gasteiger partial charge >= 0.3 is 0 Å². The number of pyridine rings is 1. The summed E-state index contributed by atoms with van der Waals surface area (Å²) >= 11 is 0. The minimum absolute atomic E-state index is 0.190. The number of nitrogens with one attached hydrogen (secondary N) is 1. The number of aromatic nitrogens is 1. The highest BCUT2D eigenvalue weighted by atomic mass is 16.2. The Morgan fingerprint density at radius 2 is 2.00 bits per heavy atom. The Morgan fingerprint density at radius 1 is 1.39 bits per heavy atom. The van der Waals surface area contributed by atoms with Crippen molar-refractivity contribution in [3.05, 3.63) is 30.1 Å². The lowest BCUT2D eigenvalue weighted by molar-refractivity contribution is -0.129. The molecule has 1 aromatic rings. The third kappa shape index (κ3) is 3.29. The van der Waals surface area contributed by atoms with E-state index in [-0.39, 0.29) is 5.91 Å². The SMILES string of the molecule is CC(=O)N1CCC(NC(C)c2ccncc2)CC1. The number of hydrogen-bond donors (Lipinski definition) is 1. The molecule has 18 heavy (non-hydrogen) atoms. The van der Waals surface area contributed by atoms with Crippen LogP contribution in [0, 0.1) is 0 Å². The largest absolute Gasteiger partial charge is 0.343 e. The van der Waals surface area contributed by atoms with Crippen LogP contribution in [-0.4, -0.2) is 34.9 Å². The lowest BCUT2D eigenvalue weighted by Gasteiger charge is -2.33. The lowest BCUT2D eigenvalue weighted by atomic mass is 10.0. The van der Waals surface area contributed by atoms with Gasteiger partial charge in [-0.15, -0.1) is 0 Å². The molecule has 1 fully saturated rings. The fourth-order valence-corrected chi connectivity index (χ4v) is 2.46. The lowest BCUT2D eigenvalue weighted by Crippen LogP contribution is -2.44. The van der Waals surface area contributed by atoms with E-state index < -0.39 is 0 Å². The van der Waals surface area contributed by atoms with Crippen molar-refractivity contribution in [3.8, 4) is 0 Å². The summed E-state index contributed by atoms with van der Waals surface area (Å²) in [7, 11) is 0. The number of carbonyl (C=O) groups is 1. The van der Waals surface area contributed by atoms with Crippen LogP contribution in [-0.2, 0) is 4.79 Å². The van der Waals surface area contributed by atoms with Crippen molar-refractivity contribution in [1.29, 1.82) is 0 Å². The van der Waals surface area contributed by atoms with E-state index in [1.807, 2.05) is 29.4 Å². The molecule has 98 valence electrons. The van der Waals surface area contributed by atoms with Crippen molar-refractivity contribution in [2.24, 2.45) is 0 Å². The van der Waals surface area contributed by atoms with Gasteiger partial charge in [-0.2, -0.15) is 0 Å². The van der Waals surface area contributed by atoms with Crippen molar-refractivity contribution >= 4 is 5.91 Å². The molecule has 0 saturated carbocycles. The fourth-order valence-electron chi connectivity index (χ4n) is 2.46. The molecule has 1 aliphatic heterocycles. The molecule has 2 heterocycles. The third-order valence-electron chi connectivity index (χ3n) is 3.63. The number of rotatable bonds is 3. The standard InChI is InChI=1S/C14H21N3O/c1-11(13-3-7-15-8-4-13)16-14-5-9-17(10-6-14)12(2)18/h3-4,7-8,11,14,16H,5-6,9-10H2,1-2H3. The number of carbonyl (C=O) groups excluding carboxylic acids is 1. The van der Waals surface area contributed by atoms with Crippen LogP contribution in [0.15, 0.2) is 24.5 Å². The Kier molecular flexibility index (Phi) is 4.31. The van der Waals surface area contributed by atoms with E-state index in [0.717, 1.165) is 25.9 Å². The average Bonchev–Trinajstić information content (AvgIpc) is 2.40. The number of nitrogens with zero attached hydrogens (tertiary/aromatic N) is 2. The van der Waals surface area contributed by atoms with Crippen LogP contribution in [0.5, 0.6) is 0 Å². The van der Waals surface area contributed by atoms with Gasteiger partial charge in [-0.05, 0) is 37.5 Å². The van der Waals surface area contributed by atoms with Crippen LogP contribution in [0.4, 0.5) is 0 Å². The highest BCUT2D eigenvalue weighted by Gasteiger charge is 2.21. The van der Waals surface area contributed by atoms with E-state index >= 15 is 0 Å². The Hall–Kier alpha value is -1.42. The summed E-state index contributed by atoms with van der Waals surface area (Å²) in [6, 6.07) is 4.93.